The van der Waals surface area contributed by atoms with Crippen molar-refractivity contribution in [2.75, 3.05) is 13.2 Å². The fourth-order valence-corrected chi connectivity index (χ4v) is 10.2. The van der Waals surface area contributed by atoms with Gasteiger partial charge in [-0.3, -0.25) is 14.4 Å². The first-order valence-electron chi connectivity index (χ1n) is 35.7. The Morgan fingerprint density at radius 2 is 0.470 bits per heavy atom. The van der Waals surface area contributed by atoms with Gasteiger partial charge < -0.3 is 14.2 Å². The summed E-state index contributed by atoms with van der Waals surface area (Å²) in [6.45, 7) is 6.51. The molecule has 0 fully saturated rings. The lowest BCUT2D eigenvalue weighted by atomic mass is 10.0. The van der Waals surface area contributed by atoms with Crippen LogP contribution in [0.2, 0.25) is 0 Å². The molecule has 0 aromatic rings. The van der Waals surface area contributed by atoms with Crippen LogP contribution in [0.4, 0.5) is 0 Å². The van der Waals surface area contributed by atoms with Gasteiger partial charge in [-0.2, -0.15) is 0 Å². The smallest absolute Gasteiger partial charge is 0.306 e. The predicted molar refractivity (Wildman–Crippen MR) is 362 cm³/mol. The van der Waals surface area contributed by atoms with Gasteiger partial charge in [-0.15, -0.1) is 0 Å². The Bertz CT molecular complexity index is 1610. The molecule has 1 atom stereocenters. The lowest BCUT2D eigenvalue weighted by Crippen LogP contribution is -2.30. The lowest BCUT2D eigenvalue weighted by molar-refractivity contribution is -0.167. The Labute approximate surface area is 515 Å². The maximum Gasteiger partial charge on any atom is 0.306 e. The standard InChI is InChI=1S/C77H134O6/c1-4-7-10-13-16-19-22-25-28-31-32-33-34-35-36-37-38-39-40-41-42-43-44-47-49-52-55-58-61-64-67-70-76(79)82-73-74(83-77(80)71-68-65-62-59-56-53-50-46-30-27-24-21-18-15-12-9-6-3)72-81-75(78)69-66-63-60-57-54-51-48-45-29-26-23-20-17-14-11-8-5-2/h9,12,17-18,20-22,25-27,29-32,50,53,74H,4-8,10-11,13-16,19,23-24,28,33-49,51-52,54-73H2,1-3H3/b12-9-,20-17-,21-18-,25-22-,29-26-,30-27-,32-31-,53-50-. The minimum absolute atomic E-state index is 0.0878. The Morgan fingerprint density at radius 1 is 0.253 bits per heavy atom. The number of hydrogen-bond donors (Lipinski definition) is 0. The summed E-state index contributed by atoms with van der Waals surface area (Å²) in [5.41, 5.74) is 0. The van der Waals surface area contributed by atoms with E-state index in [-0.39, 0.29) is 31.1 Å². The molecule has 0 saturated carbocycles. The van der Waals surface area contributed by atoms with Crippen molar-refractivity contribution in [1.82, 2.24) is 0 Å². The van der Waals surface area contributed by atoms with Crippen LogP contribution in [0.15, 0.2) is 97.2 Å². The average Bonchev–Trinajstić information content (AvgIpc) is 3.50. The lowest BCUT2D eigenvalue weighted by Gasteiger charge is -2.18. The monoisotopic (exact) mass is 1160 g/mol. The van der Waals surface area contributed by atoms with E-state index in [1.54, 1.807) is 0 Å². The summed E-state index contributed by atoms with van der Waals surface area (Å²) in [6.07, 6.45) is 95.8. The van der Waals surface area contributed by atoms with Gasteiger partial charge >= 0.3 is 17.9 Å². The van der Waals surface area contributed by atoms with Crippen molar-refractivity contribution >= 4 is 17.9 Å². The van der Waals surface area contributed by atoms with Gasteiger partial charge in [0.1, 0.15) is 13.2 Å². The number of allylic oxidation sites excluding steroid dienone is 16. The van der Waals surface area contributed by atoms with Crippen molar-refractivity contribution in [1.29, 1.82) is 0 Å². The van der Waals surface area contributed by atoms with Gasteiger partial charge in [-0.1, -0.05) is 311 Å². The molecule has 1 unspecified atom stereocenters. The van der Waals surface area contributed by atoms with E-state index >= 15 is 0 Å². The third-order valence-electron chi connectivity index (χ3n) is 15.5. The molecule has 0 heterocycles. The second kappa shape index (κ2) is 70.8. The fraction of sp³-hybridized carbons (Fsp3) is 0.753. The average molecular weight is 1160 g/mol. The Balaban J connectivity index is 4.26. The van der Waals surface area contributed by atoms with Crippen LogP contribution in [0.25, 0.3) is 0 Å². The van der Waals surface area contributed by atoms with Crippen LogP contribution >= 0.6 is 0 Å². The van der Waals surface area contributed by atoms with E-state index < -0.39 is 6.10 Å². The predicted octanol–water partition coefficient (Wildman–Crippen LogP) is 24.8. The summed E-state index contributed by atoms with van der Waals surface area (Å²) >= 11 is 0. The first kappa shape index (κ1) is 79.3. The first-order valence-corrected chi connectivity index (χ1v) is 35.7. The van der Waals surface area contributed by atoms with Crippen LogP contribution in [0.5, 0.6) is 0 Å². The molecule has 0 saturated heterocycles. The second-order valence-electron chi connectivity index (χ2n) is 23.8. The van der Waals surface area contributed by atoms with Crippen molar-refractivity contribution in [3.8, 4) is 0 Å². The van der Waals surface area contributed by atoms with Crippen LogP contribution in [-0.2, 0) is 28.6 Å². The second-order valence-corrected chi connectivity index (χ2v) is 23.8. The van der Waals surface area contributed by atoms with E-state index in [1.807, 2.05) is 0 Å². The van der Waals surface area contributed by atoms with Crippen molar-refractivity contribution in [2.45, 2.75) is 361 Å². The van der Waals surface area contributed by atoms with Gasteiger partial charge in [0.25, 0.3) is 0 Å². The van der Waals surface area contributed by atoms with Crippen LogP contribution in [0.3, 0.4) is 0 Å². The SMILES string of the molecule is CC/C=C\C/C=C\C/C=C\C/C=C\CCCCCCC(=O)OC(COC(=O)CCCCCCCCC/C=C\C/C=C\CCCCC)COC(=O)CCCCCCCCCCCCCCCCCCCCC/C=C\C/C=C\CCCCCCC. The Hall–Kier alpha value is -3.67. The van der Waals surface area contributed by atoms with Gasteiger partial charge in [0.05, 0.1) is 0 Å². The maximum atomic E-state index is 12.9. The Kier molecular flexibility index (Phi) is 67.7. The summed E-state index contributed by atoms with van der Waals surface area (Å²) < 4.78 is 17.0. The van der Waals surface area contributed by atoms with E-state index in [1.165, 1.54) is 199 Å². The highest BCUT2D eigenvalue weighted by molar-refractivity contribution is 5.71. The molecule has 83 heavy (non-hydrogen) atoms. The number of carbonyl (C=O) groups is 3. The van der Waals surface area contributed by atoms with E-state index in [9.17, 15) is 14.4 Å². The highest BCUT2D eigenvalue weighted by Gasteiger charge is 2.19. The van der Waals surface area contributed by atoms with E-state index in [0.29, 0.717) is 19.3 Å². The Morgan fingerprint density at radius 3 is 0.759 bits per heavy atom. The molecule has 6 heteroatoms. The zero-order valence-corrected chi connectivity index (χ0v) is 54.9. The molecular formula is C77H134O6. The highest BCUT2D eigenvalue weighted by Crippen LogP contribution is 2.17. The van der Waals surface area contributed by atoms with E-state index in [0.717, 1.165) is 116 Å². The van der Waals surface area contributed by atoms with E-state index in [4.69, 9.17) is 14.2 Å². The fourth-order valence-electron chi connectivity index (χ4n) is 10.2. The van der Waals surface area contributed by atoms with Gasteiger partial charge in [-0.25, -0.2) is 0 Å². The third kappa shape index (κ3) is 69.0. The summed E-state index contributed by atoms with van der Waals surface area (Å²) in [4.78, 5) is 38.4. The topological polar surface area (TPSA) is 78.9 Å². The molecule has 0 radical (unpaired) electrons. The first-order chi connectivity index (χ1) is 41.0. The molecule has 0 aromatic heterocycles. The normalized spacial score (nSPS) is 12.7. The van der Waals surface area contributed by atoms with Crippen molar-refractivity contribution in [3.05, 3.63) is 97.2 Å². The molecule has 0 aliphatic rings. The number of esters is 3. The molecule has 478 valence electrons. The molecule has 0 aliphatic carbocycles. The number of ether oxygens (including phenoxy) is 3. The number of unbranched alkanes of at least 4 members (excludes halogenated alkanes) is 38. The maximum absolute atomic E-state index is 12.9. The molecule has 0 aliphatic heterocycles. The molecule has 0 bridgehead atoms. The summed E-state index contributed by atoms with van der Waals surface area (Å²) in [7, 11) is 0. The zero-order valence-electron chi connectivity index (χ0n) is 54.9. The van der Waals surface area contributed by atoms with Gasteiger partial charge in [0.15, 0.2) is 6.10 Å². The molecule has 0 aromatic carbocycles. The van der Waals surface area contributed by atoms with Crippen LogP contribution in [0, 0.1) is 0 Å². The highest BCUT2D eigenvalue weighted by atomic mass is 16.6. The molecule has 0 N–H and O–H groups in total. The summed E-state index contributed by atoms with van der Waals surface area (Å²) in [5.74, 6) is -0.904. The quantitative estimate of drug-likeness (QED) is 0.0261. The molecule has 0 amide bonds. The summed E-state index contributed by atoms with van der Waals surface area (Å²) in [5, 5.41) is 0. The van der Waals surface area contributed by atoms with Crippen LogP contribution < -0.4 is 0 Å². The molecule has 0 spiro atoms. The van der Waals surface area contributed by atoms with Gasteiger partial charge in [-0.05, 0) is 122 Å². The molecule has 0 rings (SSSR count). The third-order valence-corrected chi connectivity index (χ3v) is 15.5. The largest absolute Gasteiger partial charge is 0.462 e. The number of rotatable bonds is 65. The number of hydrogen-bond acceptors (Lipinski definition) is 6. The van der Waals surface area contributed by atoms with E-state index in [2.05, 4.69) is 118 Å². The van der Waals surface area contributed by atoms with Crippen molar-refractivity contribution in [2.24, 2.45) is 0 Å². The zero-order chi connectivity index (χ0) is 59.9. The van der Waals surface area contributed by atoms with Crippen LogP contribution in [0.1, 0.15) is 355 Å². The van der Waals surface area contributed by atoms with Gasteiger partial charge in [0, 0.05) is 19.3 Å². The minimum Gasteiger partial charge on any atom is -0.462 e. The molecular weight excluding hydrogens is 1020 g/mol. The van der Waals surface area contributed by atoms with Crippen LogP contribution in [-0.4, -0.2) is 37.2 Å². The molecule has 6 nitrogen and oxygen atoms in total. The minimum atomic E-state index is -0.795. The summed E-state index contributed by atoms with van der Waals surface area (Å²) in [6, 6.07) is 0. The van der Waals surface area contributed by atoms with Crippen molar-refractivity contribution < 1.29 is 28.6 Å². The van der Waals surface area contributed by atoms with Crippen molar-refractivity contribution in [3.63, 3.8) is 0 Å². The number of carbonyl (C=O) groups excluding carboxylic acids is 3. The van der Waals surface area contributed by atoms with Gasteiger partial charge in [0.2, 0.25) is 0 Å².